The molecular formula is C14H18N2O3. The highest BCUT2D eigenvalue weighted by Gasteiger charge is 2.28. The Morgan fingerprint density at radius 3 is 2.89 bits per heavy atom. The third-order valence-electron chi connectivity index (χ3n) is 3.46. The smallest absolute Gasteiger partial charge is 0.335 e. The molecule has 2 atom stereocenters. The monoisotopic (exact) mass is 262 g/mol. The third kappa shape index (κ3) is 3.32. The van der Waals surface area contributed by atoms with Crippen LogP contribution in [0.5, 0.6) is 0 Å². The minimum absolute atomic E-state index is 0.0225. The largest absolute Gasteiger partial charge is 0.478 e. The number of carbonyl (C=O) groups is 2. The average molecular weight is 262 g/mol. The summed E-state index contributed by atoms with van der Waals surface area (Å²) in [7, 11) is 0. The molecule has 0 radical (unpaired) electrons. The standard InChI is InChI=1S/C14H18N2O3/c1-9-5-6-15-12(9)13(17)16-8-10-3-2-4-11(7-10)14(18)19/h2-4,7,9,12,15H,5-6,8H2,1H3,(H,16,17)(H,18,19). The van der Waals surface area contributed by atoms with Crippen LogP contribution in [0.3, 0.4) is 0 Å². The number of nitrogens with one attached hydrogen (secondary N) is 2. The molecule has 2 unspecified atom stereocenters. The molecule has 0 spiro atoms. The molecule has 2 rings (SSSR count). The molecule has 0 saturated carbocycles. The normalized spacial score (nSPS) is 22.2. The number of benzene rings is 1. The van der Waals surface area contributed by atoms with E-state index in [1.165, 1.54) is 6.07 Å². The van der Waals surface area contributed by atoms with Gasteiger partial charge in [-0.15, -0.1) is 0 Å². The van der Waals surface area contributed by atoms with E-state index in [4.69, 9.17) is 5.11 Å². The van der Waals surface area contributed by atoms with Gasteiger partial charge in [-0.1, -0.05) is 19.1 Å². The molecule has 1 aromatic carbocycles. The summed E-state index contributed by atoms with van der Waals surface area (Å²) in [6.07, 6.45) is 1.01. The van der Waals surface area contributed by atoms with Crippen LogP contribution < -0.4 is 10.6 Å². The number of carboxylic acids is 1. The highest BCUT2D eigenvalue weighted by Crippen LogP contribution is 2.14. The van der Waals surface area contributed by atoms with Crippen molar-refractivity contribution in [3.8, 4) is 0 Å². The molecule has 1 aliphatic heterocycles. The van der Waals surface area contributed by atoms with E-state index in [2.05, 4.69) is 17.6 Å². The quantitative estimate of drug-likeness (QED) is 0.756. The van der Waals surface area contributed by atoms with E-state index in [1.54, 1.807) is 18.2 Å². The van der Waals surface area contributed by atoms with E-state index in [1.807, 2.05) is 0 Å². The van der Waals surface area contributed by atoms with Crippen molar-refractivity contribution in [1.29, 1.82) is 0 Å². The Balaban J connectivity index is 1.93. The van der Waals surface area contributed by atoms with Crippen LogP contribution in [-0.4, -0.2) is 29.6 Å². The van der Waals surface area contributed by atoms with Crippen LogP contribution in [0.2, 0.25) is 0 Å². The van der Waals surface area contributed by atoms with Crippen molar-refractivity contribution in [3.63, 3.8) is 0 Å². The molecule has 1 fully saturated rings. The molecule has 3 N–H and O–H groups in total. The van der Waals surface area contributed by atoms with Crippen molar-refractivity contribution in [2.24, 2.45) is 5.92 Å². The SMILES string of the molecule is CC1CCNC1C(=O)NCc1cccc(C(=O)O)c1. The average Bonchev–Trinajstić information content (AvgIpc) is 2.82. The predicted molar refractivity (Wildman–Crippen MR) is 70.8 cm³/mol. The van der Waals surface area contributed by atoms with Crippen LogP contribution in [0.1, 0.15) is 29.3 Å². The van der Waals surface area contributed by atoms with Crippen molar-refractivity contribution < 1.29 is 14.7 Å². The summed E-state index contributed by atoms with van der Waals surface area (Å²) in [4.78, 5) is 22.8. The summed E-state index contributed by atoms with van der Waals surface area (Å²) in [5, 5.41) is 14.9. The molecule has 19 heavy (non-hydrogen) atoms. The molecule has 0 bridgehead atoms. The zero-order valence-corrected chi connectivity index (χ0v) is 10.8. The van der Waals surface area contributed by atoms with Crippen molar-refractivity contribution in [2.75, 3.05) is 6.54 Å². The summed E-state index contributed by atoms with van der Waals surface area (Å²) in [5.74, 6) is -0.643. The van der Waals surface area contributed by atoms with Crippen LogP contribution in [-0.2, 0) is 11.3 Å². The Bertz CT molecular complexity index is 487. The van der Waals surface area contributed by atoms with E-state index < -0.39 is 5.97 Å². The first-order valence-corrected chi connectivity index (χ1v) is 6.41. The summed E-state index contributed by atoms with van der Waals surface area (Å²) < 4.78 is 0. The van der Waals surface area contributed by atoms with Gasteiger partial charge in [-0.3, -0.25) is 4.79 Å². The first-order valence-electron chi connectivity index (χ1n) is 6.41. The summed E-state index contributed by atoms with van der Waals surface area (Å²) in [5.41, 5.74) is 1.03. The van der Waals surface area contributed by atoms with E-state index >= 15 is 0 Å². The fourth-order valence-corrected chi connectivity index (χ4v) is 2.30. The van der Waals surface area contributed by atoms with Crippen molar-refractivity contribution in [2.45, 2.75) is 25.9 Å². The zero-order valence-electron chi connectivity index (χ0n) is 10.8. The molecule has 5 heteroatoms. The highest BCUT2D eigenvalue weighted by molar-refractivity contribution is 5.87. The number of rotatable bonds is 4. The molecule has 0 aliphatic carbocycles. The second-order valence-electron chi connectivity index (χ2n) is 4.92. The van der Waals surface area contributed by atoms with Gasteiger partial charge in [0.1, 0.15) is 0 Å². The first-order chi connectivity index (χ1) is 9.08. The summed E-state index contributed by atoms with van der Waals surface area (Å²) in [6, 6.07) is 6.46. The van der Waals surface area contributed by atoms with Gasteiger partial charge in [0.25, 0.3) is 0 Å². The van der Waals surface area contributed by atoms with Crippen LogP contribution in [0, 0.1) is 5.92 Å². The van der Waals surface area contributed by atoms with Crippen LogP contribution in [0.25, 0.3) is 0 Å². The lowest BCUT2D eigenvalue weighted by molar-refractivity contribution is -0.123. The number of aromatic carboxylic acids is 1. The molecule has 1 aromatic rings. The lowest BCUT2D eigenvalue weighted by Crippen LogP contribution is -2.42. The van der Waals surface area contributed by atoms with Gasteiger partial charge in [-0.2, -0.15) is 0 Å². The Morgan fingerprint density at radius 1 is 1.47 bits per heavy atom. The first kappa shape index (κ1) is 13.5. The van der Waals surface area contributed by atoms with Gasteiger partial charge >= 0.3 is 5.97 Å². The Labute approximate surface area is 112 Å². The Hall–Kier alpha value is -1.88. The van der Waals surface area contributed by atoms with Crippen LogP contribution in [0.15, 0.2) is 24.3 Å². The fraction of sp³-hybridized carbons (Fsp3) is 0.429. The summed E-state index contributed by atoms with van der Waals surface area (Å²) >= 11 is 0. The van der Waals surface area contributed by atoms with Crippen molar-refractivity contribution in [1.82, 2.24) is 10.6 Å². The summed E-state index contributed by atoms with van der Waals surface area (Å²) in [6.45, 7) is 3.27. The third-order valence-corrected chi connectivity index (χ3v) is 3.46. The molecule has 1 heterocycles. The molecule has 0 aromatic heterocycles. The van der Waals surface area contributed by atoms with E-state index in [0.29, 0.717) is 12.5 Å². The Morgan fingerprint density at radius 2 is 2.26 bits per heavy atom. The lowest BCUT2D eigenvalue weighted by atomic mass is 10.0. The molecule has 5 nitrogen and oxygen atoms in total. The van der Waals surface area contributed by atoms with E-state index in [-0.39, 0.29) is 17.5 Å². The molecule has 1 saturated heterocycles. The van der Waals surface area contributed by atoms with Crippen molar-refractivity contribution >= 4 is 11.9 Å². The number of carbonyl (C=O) groups excluding carboxylic acids is 1. The van der Waals surface area contributed by atoms with Gasteiger partial charge in [0.2, 0.25) is 5.91 Å². The van der Waals surface area contributed by atoms with Gasteiger partial charge in [0.15, 0.2) is 0 Å². The molecule has 1 amide bonds. The Kier molecular flexibility index (Phi) is 4.16. The van der Waals surface area contributed by atoms with Crippen LogP contribution >= 0.6 is 0 Å². The second-order valence-corrected chi connectivity index (χ2v) is 4.92. The minimum atomic E-state index is -0.959. The number of hydrogen-bond acceptors (Lipinski definition) is 3. The fourth-order valence-electron chi connectivity index (χ4n) is 2.30. The maximum absolute atomic E-state index is 12.0. The van der Waals surface area contributed by atoms with Gasteiger partial charge in [0, 0.05) is 6.54 Å². The van der Waals surface area contributed by atoms with E-state index in [9.17, 15) is 9.59 Å². The van der Waals surface area contributed by atoms with E-state index in [0.717, 1.165) is 18.5 Å². The number of hydrogen-bond donors (Lipinski definition) is 3. The minimum Gasteiger partial charge on any atom is -0.478 e. The molecule has 102 valence electrons. The molecule has 1 aliphatic rings. The van der Waals surface area contributed by atoms with Gasteiger partial charge in [0.05, 0.1) is 11.6 Å². The number of amides is 1. The van der Waals surface area contributed by atoms with Crippen LogP contribution in [0.4, 0.5) is 0 Å². The predicted octanol–water partition coefficient (Wildman–Crippen LogP) is 0.999. The maximum atomic E-state index is 12.0. The van der Waals surface area contributed by atoms with Gasteiger partial charge < -0.3 is 15.7 Å². The highest BCUT2D eigenvalue weighted by atomic mass is 16.4. The number of carboxylic acid groups (broad SMARTS) is 1. The lowest BCUT2D eigenvalue weighted by Gasteiger charge is -2.15. The maximum Gasteiger partial charge on any atom is 0.335 e. The topological polar surface area (TPSA) is 78.4 Å². The van der Waals surface area contributed by atoms with Gasteiger partial charge in [-0.05, 0) is 36.6 Å². The zero-order chi connectivity index (χ0) is 13.8. The second kappa shape index (κ2) is 5.84. The molecular weight excluding hydrogens is 244 g/mol. The van der Waals surface area contributed by atoms with Crippen molar-refractivity contribution in [3.05, 3.63) is 35.4 Å². The van der Waals surface area contributed by atoms with Gasteiger partial charge in [-0.25, -0.2) is 4.79 Å².